The lowest BCUT2D eigenvalue weighted by Crippen LogP contribution is -2.56. The fraction of sp³-hybridized carbons (Fsp3) is 0.733. The van der Waals surface area contributed by atoms with Crippen molar-refractivity contribution < 1.29 is 24.3 Å². The van der Waals surface area contributed by atoms with Crippen LogP contribution in [0.1, 0.15) is 33.1 Å². The average molecular weight is 376 g/mol. The van der Waals surface area contributed by atoms with Crippen molar-refractivity contribution >= 4 is 35.5 Å². The minimum atomic E-state index is -1.16. The van der Waals surface area contributed by atoms with Crippen molar-refractivity contribution in [3.8, 4) is 0 Å². The van der Waals surface area contributed by atoms with Gasteiger partial charge in [-0.25, -0.2) is 4.79 Å². The summed E-state index contributed by atoms with van der Waals surface area (Å²) in [7, 11) is 0. The average Bonchev–Trinajstić information content (AvgIpc) is 2.54. The molecule has 0 aromatic rings. The van der Waals surface area contributed by atoms with Crippen molar-refractivity contribution in [3.63, 3.8) is 0 Å². The monoisotopic (exact) mass is 376 g/mol. The van der Waals surface area contributed by atoms with Gasteiger partial charge in [0.1, 0.15) is 12.1 Å². The molecule has 0 fully saturated rings. The van der Waals surface area contributed by atoms with E-state index in [2.05, 4.69) is 10.6 Å². The van der Waals surface area contributed by atoms with Crippen LogP contribution < -0.4 is 22.1 Å². The Morgan fingerprint density at radius 3 is 2.20 bits per heavy atom. The van der Waals surface area contributed by atoms with Crippen LogP contribution in [0.5, 0.6) is 0 Å². The molecule has 0 saturated carbocycles. The highest BCUT2D eigenvalue weighted by atomic mass is 32.2. The van der Waals surface area contributed by atoms with E-state index in [0.717, 1.165) is 0 Å². The van der Waals surface area contributed by atoms with E-state index in [4.69, 9.17) is 11.5 Å². The Bertz CT molecular complexity index is 489. The zero-order valence-corrected chi connectivity index (χ0v) is 15.6. The van der Waals surface area contributed by atoms with Crippen LogP contribution in [0.15, 0.2) is 0 Å². The van der Waals surface area contributed by atoms with Crippen LogP contribution in [0.25, 0.3) is 0 Å². The second kappa shape index (κ2) is 11.7. The zero-order chi connectivity index (χ0) is 19.6. The van der Waals surface area contributed by atoms with E-state index in [0.29, 0.717) is 18.6 Å². The highest BCUT2D eigenvalue weighted by Gasteiger charge is 2.30. The number of primary amides is 1. The Labute approximate surface area is 151 Å². The summed E-state index contributed by atoms with van der Waals surface area (Å²) >= 11 is 1.48. The molecule has 0 unspecified atom stereocenters. The van der Waals surface area contributed by atoms with Gasteiger partial charge in [-0.05, 0) is 24.3 Å². The van der Waals surface area contributed by atoms with Gasteiger partial charge in [-0.2, -0.15) is 11.8 Å². The molecule has 0 bridgehead atoms. The second-order valence-corrected chi connectivity index (χ2v) is 6.82. The first kappa shape index (κ1) is 23.2. The molecule has 3 amide bonds. The fourth-order valence-corrected chi connectivity index (χ4v) is 2.50. The number of nitrogens with one attached hydrogen (secondary N) is 2. The molecule has 0 radical (unpaired) electrons. The number of hydrogen-bond acceptors (Lipinski definition) is 6. The number of amides is 3. The third-order valence-corrected chi connectivity index (χ3v) is 4.42. The summed E-state index contributed by atoms with van der Waals surface area (Å²) < 4.78 is 0. The maximum absolute atomic E-state index is 12.4. The maximum Gasteiger partial charge on any atom is 0.326 e. The first-order valence-electron chi connectivity index (χ1n) is 8.00. The van der Waals surface area contributed by atoms with Gasteiger partial charge in [-0.3, -0.25) is 14.4 Å². The Kier molecular flexibility index (Phi) is 10.8. The van der Waals surface area contributed by atoms with Crippen molar-refractivity contribution in [2.75, 3.05) is 12.0 Å². The third kappa shape index (κ3) is 8.73. The summed E-state index contributed by atoms with van der Waals surface area (Å²) in [5.74, 6) is -2.84. The molecule has 0 saturated heterocycles. The van der Waals surface area contributed by atoms with Crippen molar-refractivity contribution in [2.45, 2.75) is 51.2 Å². The Morgan fingerprint density at radius 2 is 1.76 bits per heavy atom. The summed E-state index contributed by atoms with van der Waals surface area (Å²) in [5, 5.41) is 14.2. The van der Waals surface area contributed by atoms with E-state index in [1.165, 1.54) is 11.8 Å². The summed E-state index contributed by atoms with van der Waals surface area (Å²) in [4.78, 5) is 46.6. The van der Waals surface area contributed by atoms with Crippen LogP contribution in [0.2, 0.25) is 0 Å². The van der Waals surface area contributed by atoms with Gasteiger partial charge in [0.25, 0.3) is 0 Å². The standard InChI is InChI=1S/C15H28N4O5S/c1-4-8(2)12(15(23)24)19-14(22)10(5-6-25-3)18-13(21)9(16)7-11(17)20/h8-10,12H,4-7,16H2,1-3H3,(H2,17,20)(H,18,21)(H,19,22)(H,23,24)/t8-,9-,10-,12-/m0/s1. The van der Waals surface area contributed by atoms with E-state index in [9.17, 15) is 24.3 Å². The van der Waals surface area contributed by atoms with E-state index >= 15 is 0 Å². The highest BCUT2D eigenvalue weighted by molar-refractivity contribution is 7.98. The van der Waals surface area contributed by atoms with Crippen LogP contribution in [-0.4, -0.2) is 58.9 Å². The smallest absolute Gasteiger partial charge is 0.326 e. The molecule has 0 heterocycles. The quantitative estimate of drug-likeness (QED) is 0.293. The minimum absolute atomic E-state index is 0.268. The lowest BCUT2D eigenvalue weighted by atomic mass is 9.98. The van der Waals surface area contributed by atoms with Crippen molar-refractivity contribution in [1.82, 2.24) is 10.6 Å². The van der Waals surface area contributed by atoms with E-state index in [1.807, 2.05) is 13.2 Å². The van der Waals surface area contributed by atoms with Gasteiger partial charge >= 0.3 is 5.97 Å². The predicted octanol–water partition coefficient (Wildman–Crippen LogP) is -0.957. The van der Waals surface area contributed by atoms with Crippen molar-refractivity contribution in [1.29, 1.82) is 0 Å². The number of carbonyl (C=O) groups excluding carboxylic acids is 3. The zero-order valence-electron chi connectivity index (χ0n) is 14.8. The molecule has 7 N–H and O–H groups in total. The summed E-state index contributed by atoms with van der Waals surface area (Å²) in [6, 6.07) is -3.15. The summed E-state index contributed by atoms with van der Waals surface area (Å²) in [5.41, 5.74) is 10.6. The van der Waals surface area contributed by atoms with Gasteiger partial charge in [0, 0.05) is 0 Å². The molecular formula is C15H28N4O5S. The van der Waals surface area contributed by atoms with Gasteiger partial charge in [-0.15, -0.1) is 0 Å². The lowest BCUT2D eigenvalue weighted by molar-refractivity contribution is -0.143. The first-order valence-corrected chi connectivity index (χ1v) is 9.39. The molecular weight excluding hydrogens is 348 g/mol. The number of carbonyl (C=O) groups is 4. The Balaban J connectivity index is 5.04. The third-order valence-electron chi connectivity index (χ3n) is 3.78. The number of nitrogens with two attached hydrogens (primary N) is 2. The molecule has 25 heavy (non-hydrogen) atoms. The van der Waals surface area contributed by atoms with Crippen LogP contribution in [0.4, 0.5) is 0 Å². The number of rotatable bonds is 12. The van der Waals surface area contributed by atoms with E-state index in [1.54, 1.807) is 6.92 Å². The molecule has 0 aliphatic carbocycles. The van der Waals surface area contributed by atoms with Crippen LogP contribution in [0.3, 0.4) is 0 Å². The second-order valence-electron chi connectivity index (χ2n) is 5.83. The predicted molar refractivity (Wildman–Crippen MR) is 95.7 cm³/mol. The Morgan fingerprint density at radius 1 is 1.16 bits per heavy atom. The molecule has 10 heteroatoms. The molecule has 0 aromatic carbocycles. The molecule has 0 aromatic heterocycles. The van der Waals surface area contributed by atoms with Crippen molar-refractivity contribution in [3.05, 3.63) is 0 Å². The topological polar surface area (TPSA) is 165 Å². The largest absolute Gasteiger partial charge is 0.480 e. The molecule has 0 aliphatic heterocycles. The van der Waals surface area contributed by atoms with E-state index < -0.39 is 41.8 Å². The molecule has 0 rings (SSSR count). The maximum atomic E-state index is 12.4. The normalized spacial score (nSPS) is 15.5. The number of carboxylic acid groups (broad SMARTS) is 1. The number of carboxylic acids is 1. The minimum Gasteiger partial charge on any atom is -0.480 e. The number of thioether (sulfide) groups is 1. The number of aliphatic carboxylic acids is 1. The number of hydrogen-bond donors (Lipinski definition) is 5. The summed E-state index contributed by atoms with van der Waals surface area (Å²) in [6.45, 7) is 3.54. The first-order chi connectivity index (χ1) is 11.6. The summed E-state index contributed by atoms with van der Waals surface area (Å²) in [6.07, 6.45) is 2.37. The molecule has 0 aliphatic rings. The van der Waals surface area contributed by atoms with Gasteiger partial charge < -0.3 is 27.2 Å². The van der Waals surface area contributed by atoms with Gasteiger partial charge in [-0.1, -0.05) is 20.3 Å². The SMILES string of the molecule is CC[C@H](C)[C@H](NC(=O)[C@H](CCSC)NC(=O)[C@@H](N)CC(N)=O)C(=O)O. The van der Waals surface area contributed by atoms with Crippen LogP contribution >= 0.6 is 11.8 Å². The van der Waals surface area contributed by atoms with Gasteiger partial charge in [0.2, 0.25) is 17.7 Å². The van der Waals surface area contributed by atoms with Crippen LogP contribution in [-0.2, 0) is 19.2 Å². The van der Waals surface area contributed by atoms with Crippen LogP contribution in [0, 0.1) is 5.92 Å². The molecule has 9 nitrogen and oxygen atoms in total. The van der Waals surface area contributed by atoms with E-state index in [-0.39, 0.29) is 12.3 Å². The molecule has 4 atom stereocenters. The van der Waals surface area contributed by atoms with Crippen molar-refractivity contribution in [2.24, 2.45) is 17.4 Å². The van der Waals surface area contributed by atoms with Gasteiger partial charge in [0.05, 0.1) is 12.5 Å². The van der Waals surface area contributed by atoms with Gasteiger partial charge in [0.15, 0.2) is 0 Å². The Hall–Kier alpha value is -1.81. The molecule has 0 spiro atoms. The fourth-order valence-electron chi connectivity index (χ4n) is 2.03. The lowest BCUT2D eigenvalue weighted by Gasteiger charge is -2.25. The highest BCUT2D eigenvalue weighted by Crippen LogP contribution is 2.09. The molecule has 144 valence electrons.